The highest BCUT2D eigenvalue weighted by molar-refractivity contribution is 5.57. The first-order valence-electron chi connectivity index (χ1n) is 7.15. The molecule has 4 aromatic rings. The van der Waals surface area contributed by atoms with Crippen LogP contribution in [0.5, 0.6) is 0 Å². The predicted molar refractivity (Wildman–Crippen MR) is 84.2 cm³/mol. The Bertz CT molecular complexity index is 880. The lowest BCUT2D eigenvalue weighted by molar-refractivity contribution is 0.689. The summed E-state index contributed by atoms with van der Waals surface area (Å²) < 4.78 is 1.92. The molecule has 0 atom stereocenters. The second-order valence-electron chi connectivity index (χ2n) is 5.07. The van der Waals surface area contributed by atoms with Gasteiger partial charge in [-0.25, -0.2) is 0 Å². The molecule has 0 bridgehead atoms. The highest BCUT2D eigenvalue weighted by Gasteiger charge is 2.05. The van der Waals surface area contributed by atoms with E-state index in [0.717, 1.165) is 22.4 Å². The molecule has 0 amide bonds. The van der Waals surface area contributed by atoms with Crippen molar-refractivity contribution in [2.24, 2.45) is 0 Å². The first kappa shape index (κ1) is 13.3. The van der Waals surface area contributed by atoms with Crippen LogP contribution in [0, 0.1) is 0 Å². The molecule has 0 spiro atoms. The van der Waals surface area contributed by atoms with E-state index >= 15 is 0 Å². The SMILES string of the molecule is c1cc(-c2ccn(Cc3ccc(-c4nn[nH]n4)cc3)n2)ccn1. The van der Waals surface area contributed by atoms with Crippen molar-refractivity contribution in [3.8, 4) is 22.6 Å². The summed E-state index contributed by atoms with van der Waals surface area (Å²) in [5.74, 6) is 0.593. The fourth-order valence-corrected chi connectivity index (χ4v) is 2.36. The third kappa shape index (κ3) is 2.84. The molecular weight excluding hydrogens is 290 g/mol. The molecule has 1 aromatic carbocycles. The van der Waals surface area contributed by atoms with Crippen LogP contribution in [0.25, 0.3) is 22.6 Å². The zero-order valence-electron chi connectivity index (χ0n) is 12.2. The van der Waals surface area contributed by atoms with E-state index in [1.54, 1.807) is 12.4 Å². The van der Waals surface area contributed by atoms with Gasteiger partial charge in [0, 0.05) is 29.7 Å². The number of hydrogen-bond acceptors (Lipinski definition) is 5. The van der Waals surface area contributed by atoms with E-state index in [1.807, 2.05) is 53.3 Å². The van der Waals surface area contributed by atoms with Crippen molar-refractivity contribution < 1.29 is 0 Å². The minimum atomic E-state index is 0.593. The Hall–Kier alpha value is -3.35. The summed E-state index contributed by atoms with van der Waals surface area (Å²) in [5, 5.41) is 18.5. The van der Waals surface area contributed by atoms with Gasteiger partial charge in [-0.05, 0) is 29.0 Å². The van der Waals surface area contributed by atoms with E-state index in [-0.39, 0.29) is 0 Å². The van der Waals surface area contributed by atoms with Crippen molar-refractivity contribution in [2.75, 3.05) is 0 Å². The molecule has 0 saturated heterocycles. The maximum Gasteiger partial charge on any atom is 0.204 e. The number of nitrogens with zero attached hydrogens (tertiary/aromatic N) is 6. The first-order valence-corrected chi connectivity index (χ1v) is 7.15. The molecule has 0 unspecified atom stereocenters. The predicted octanol–water partition coefficient (Wildman–Crippen LogP) is 2.17. The van der Waals surface area contributed by atoms with Crippen LogP contribution in [-0.4, -0.2) is 35.4 Å². The Balaban J connectivity index is 1.51. The summed E-state index contributed by atoms with van der Waals surface area (Å²) in [6.07, 6.45) is 5.51. The molecule has 7 heteroatoms. The van der Waals surface area contributed by atoms with Gasteiger partial charge in [-0.3, -0.25) is 9.67 Å². The monoisotopic (exact) mass is 303 g/mol. The Kier molecular flexibility index (Phi) is 3.36. The number of aromatic amines is 1. The normalized spacial score (nSPS) is 10.8. The van der Waals surface area contributed by atoms with Gasteiger partial charge in [-0.15, -0.1) is 10.2 Å². The molecule has 0 radical (unpaired) electrons. The number of tetrazole rings is 1. The molecule has 112 valence electrons. The maximum atomic E-state index is 4.60. The summed E-state index contributed by atoms with van der Waals surface area (Å²) in [7, 11) is 0. The smallest absolute Gasteiger partial charge is 0.204 e. The second kappa shape index (κ2) is 5.80. The van der Waals surface area contributed by atoms with E-state index in [1.165, 1.54) is 0 Å². The van der Waals surface area contributed by atoms with Gasteiger partial charge in [0.05, 0.1) is 12.2 Å². The van der Waals surface area contributed by atoms with Crippen molar-refractivity contribution in [3.63, 3.8) is 0 Å². The molecule has 4 rings (SSSR count). The van der Waals surface area contributed by atoms with Gasteiger partial charge in [0.1, 0.15) is 0 Å². The molecule has 7 nitrogen and oxygen atoms in total. The van der Waals surface area contributed by atoms with Crippen LogP contribution in [0.3, 0.4) is 0 Å². The van der Waals surface area contributed by atoms with Crippen LogP contribution in [0.15, 0.2) is 61.1 Å². The largest absolute Gasteiger partial charge is 0.268 e. The van der Waals surface area contributed by atoms with Crippen molar-refractivity contribution >= 4 is 0 Å². The van der Waals surface area contributed by atoms with Gasteiger partial charge in [-0.1, -0.05) is 24.3 Å². The highest BCUT2D eigenvalue weighted by Crippen LogP contribution is 2.17. The van der Waals surface area contributed by atoms with Crippen molar-refractivity contribution in [2.45, 2.75) is 6.54 Å². The molecule has 0 saturated carbocycles. The number of pyridine rings is 1. The summed E-state index contributed by atoms with van der Waals surface area (Å²) in [4.78, 5) is 4.02. The molecule has 0 fully saturated rings. The van der Waals surface area contributed by atoms with Gasteiger partial charge in [-0.2, -0.15) is 10.3 Å². The van der Waals surface area contributed by atoms with E-state index in [0.29, 0.717) is 12.4 Å². The van der Waals surface area contributed by atoms with Gasteiger partial charge < -0.3 is 0 Å². The lowest BCUT2D eigenvalue weighted by atomic mass is 10.1. The van der Waals surface area contributed by atoms with Gasteiger partial charge >= 0.3 is 0 Å². The standard InChI is InChI=1S/C16H13N7/c1-3-14(16-18-21-22-19-16)4-2-12(1)11-23-10-7-15(20-23)13-5-8-17-9-6-13/h1-10H,11H2,(H,18,19,21,22). The van der Waals surface area contributed by atoms with E-state index in [9.17, 15) is 0 Å². The van der Waals surface area contributed by atoms with Crippen molar-refractivity contribution in [1.82, 2.24) is 35.4 Å². The lowest BCUT2D eigenvalue weighted by Gasteiger charge is -2.03. The fourth-order valence-electron chi connectivity index (χ4n) is 2.36. The zero-order chi connectivity index (χ0) is 15.5. The van der Waals surface area contributed by atoms with Crippen LogP contribution < -0.4 is 0 Å². The number of benzene rings is 1. The average molecular weight is 303 g/mol. The molecule has 0 aliphatic heterocycles. The molecule has 3 heterocycles. The van der Waals surface area contributed by atoms with Crippen LogP contribution in [0.4, 0.5) is 0 Å². The minimum Gasteiger partial charge on any atom is -0.268 e. The Labute approximate surface area is 132 Å². The summed E-state index contributed by atoms with van der Waals surface area (Å²) in [6, 6.07) is 13.9. The Morgan fingerprint density at radius 3 is 2.48 bits per heavy atom. The summed E-state index contributed by atoms with van der Waals surface area (Å²) in [6.45, 7) is 0.706. The van der Waals surface area contributed by atoms with E-state index in [4.69, 9.17) is 0 Å². The van der Waals surface area contributed by atoms with Gasteiger partial charge in [0.2, 0.25) is 5.82 Å². The van der Waals surface area contributed by atoms with Crippen molar-refractivity contribution in [1.29, 1.82) is 0 Å². The fraction of sp³-hybridized carbons (Fsp3) is 0.0625. The number of hydrogen-bond donors (Lipinski definition) is 1. The number of H-pyrrole nitrogens is 1. The lowest BCUT2D eigenvalue weighted by Crippen LogP contribution is -2.00. The highest BCUT2D eigenvalue weighted by atomic mass is 15.5. The quantitative estimate of drug-likeness (QED) is 0.624. The number of aromatic nitrogens is 7. The van der Waals surface area contributed by atoms with Crippen LogP contribution >= 0.6 is 0 Å². The molecule has 0 aliphatic rings. The number of rotatable bonds is 4. The molecule has 0 aliphatic carbocycles. The zero-order valence-corrected chi connectivity index (χ0v) is 12.2. The number of nitrogens with one attached hydrogen (secondary N) is 1. The van der Waals surface area contributed by atoms with Gasteiger partial charge in [0.25, 0.3) is 0 Å². The average Bonchev–Trinajstić information content (AvgIpc) is 3.28. The second-order valence-corrected chi connectivity index (χ2v) is 5.07. The van der Waals surface area contributed by atoms with E-state index < -0.39 is 0 Å². The van der Waals surface area contributed by atoms with Crippen LogP contribution in [0.2, 0.25) is 0 Å². The molecule has 1 N–H and O–H groups in total. The third-order valence-corrected chi connectivity index (χ3v) is 3.52. The molecule has 3 aromatic heterocycles. The Morgan fingerprint density at radius 1 is 0.913 bits per heavy atom. The van der Waals surface area contributed by atoms with Crippen LogP contribution in [0.1, 0.15) is 5.56 Å². The first-order chi connectivity index (χ1) is 11.4. The van der Waals surface area contributed by atoms with E-state index in [2.05, 4.69) is 30.7 Å². The third-order valence-electron chi connectivity index (χ3n) is 3.52. The summed E-state index contributed by atoms with van der Waals surface area (Å²) in [5.41, 5.74) is 4.09. The van der Waals surface area contributed by atoms with Gasteiger partial charge in [0.15, 0.2) is 0 Å². The maximum absolute atomic E-state index is 4.60. The van der Waals surface area contributed by atoms with Crippen molar-refractivity contribution in [3.05, 3.63) is 66.6 Å². The molecule has 23 heavy (non-hydrogen) atoms. The summed E-state index contributed by atoms with van der Waals surface area (Å²) >= 11 is 0. The van der Waals surface area contributed by atoms with Crippen LogP contribution in [-0.2, 0) is 6.54 Å². The Morgan fingerprint density at radius 2 is 1.74 bits per heavy atom. The minimum absolute atomic E-state index is 0.593. The topological polar surface area (TPSA) is 85.2 Å². The molecular formula is C16H13N7.